The molecular formula is C14H14N2O3. The van der Waals surface area contributed by atoms with Crippen LogP contribution in [0.5, 0.6) is 5.75 Å². The van der Waals surface area contributed by atoms with Crippen LogP contribution < -0.4 is 5.32 Å². The van der Waals surface area contributed by atoms with Crippen molar-refractivity contribution in [3.05, 3.63) is 30.0 Å². The molecule has 0 spiro atoms. The van der Waals surface area contributed by atoms with E-state index in [1.165, 1.54) is 0 Å². The molecule has 1 aromatic carbocycles. The Labute approximate surface area is 109 Å². The minimum absolute atomic E-state index is 0.202. The number of piperidine rings is 1. The van der Waals surface area contributed by atoms with E-state index in [4.69, 9.17) is 0 Å². The summed E-state index contributed by atoms with van der Waals surface area (Å²) >= 11 is 0. The molecule has 0 radical (unpaired) electrons. The second-order valence-corrected chi connectivity index (χ2v) is 4.87. The summed E-state index contributed by atoms with van der Waals surface area (Å²) in [6, 6.07) is 6.63. The minimum Gasteiger partial charge on any atom is -0.508 e. The van der Waals surface area contributed by atoms with Gasteiger partial charge in [0.25, 0.3) is 0 Å². The van der Waals surface area contributed by atoms with Crippen LogP contribution in [0, 0.1) is 6.92 Å². The average molecular weight is 258 g/mol. The van der Waals surface area contributed by atoms with Gasteiger partial charge in [0.05, 0.1) is 0 Å². The molecule has 1 fully saturated rings. The van der Waals surface area contributed by atoms with E-state index in [0.717, 1.165) is 16.6 Å². The van der Waals surface area contributed by atoms with Gasteiger partial charge in [0.1, 0.15) is 11.8 Å². The number of aryl methyl sites for hydroxylation is 1. The van der Waals surface area contributed by atoms with Crippen molar-refractivity contribution in [1.82, 2.24) is 9.88 Å². The summed E-state index contributed by atoms with van der Waals surface area (Å²) in [6.45, 7) is 1.92. The first-order chi connectivity index (χ1) is 9.06. The summed E-state index contributed by atoms with van der Waals surface area (Å²) in [5.74, 6) is -0.272. The molecule has 2 heterocycles. The number of hydrogen-bond donors (Lipinski definition) is 2. The largest absolute Gasteiger partial charge is 0.508 e. The normalized spacial score (nSPS) is 19.7. The van der Waals surface area contributed by atoms with Gasteiger partial charge >= 0.3 is 0 Å². The van der Waals surface area contributed by atoms with E-state index in [1.807, 2.05) is 17.6 Å². The molecule has 98 valence electrons. The van der Waals surface area contributed by atoms with Crippen LogP contribution in [0.4, 0.5) is 0 Å². The summed E-state index contributed by atoms with van der Waals surface area (Å²) in [7, 11) is 0. The average Bonchev–Trinajstić information content (AvgIpc) is 2.65. The molecule has 2 N–H and O–H groups in total. The lowest BCUT2D eigenvalue weighted by molar-refractivity contribution is -0.135. The number of amides is 2. The Morgan fingerprint density at radius 2 is 2.11 bits per heavy atom. The lowest BCUT2D eigenvalue weighted by Crippen LogP contribution is -2.41. The van der Waals surface area contributed by atoms with Crippen molar-refractivity contribution in [3.63, 3.8) is 0 Å². The molecule has 1 aliphatic heterocycles. The molecule has 1 saturated heterocycles. The minimum atomic E-state index is -0.361. The zero-order valence-corrected chi connectivity index (χ0v) is 10.5. The van der Waals surface area contributed by atoms with Crippen LogP contribution >= 0.6 is 0 Å². The Kier molecular flexibility index (Phi) is 2.55. The van der Waals surface area contributed by atoms with Crippen molar-refractivity contribution in [3.8, 4) is 5.75 Å². The van der Waals surface area contributed by atoms with Gasteiger partial charge in [-0.2, -0.15) is 0 Å². The highest BCUT2D eigenvalue weighted by atomic mass is 16.3. The van der Waals surface area contributed by atoms with Crippen LogP contribution in [-0.4, -0.2) is 21.5 Å². The summed E-state index contributed by atoms with van der Waals surface area (Å²) in [6.07, 6.45) is 0.865. The van der Waals surface area contributed by atoms with Crippen molar-refractivity contribution >= 4 is 22.7 Å². The number of aromatic hydroxyl groups is 1. The Hall–Kier alpha value is -2.30. The number of fused-ring (bicyclic) bond motifs is 1. The predicted molar refractivity (Wildman–Crippen MR) is 69.8 cm³/mol. The van der Waals surface area contributed by atoms with E-state index in [-0.39, 0.29) is 23.6 Å². The van der Waals surface area contributed by atoms with Crippen LogP contribution in [0.3, 0.4) is 0 Å². The molecule has 1 aromatic heterocycles. The lowest BCUT2D eigenvalue weighted by Gasteiger charge is -2.24. The second-order valence-electron chi connectivity index (χ2n) is 4.87. The first-order valence-electron chi connectivity index (χ1n) is 6.20. The molecule has 19 heavy (non-hydrogen) atoms. The molecule has 5 nitrogen and oxygen atoms in total. The highest BCUT2D eigenvalue weighted by molar-refractivity contribution is 6.00. The van der Waals surface area contributed by atoms with E-state index in [9.17, 15) is 14.7 Å². The third kappa shape index (κ3) is 1.87. The molecule has 1 atom stereocenters. The smallest absolute Gasteiger partial charge is 0.249 e. The van der Waals surface area contributed by atoms with Gasteiger partial charge in [-0.1, -0.05) is 0 Å². The molecule has 5 heteroatoms. The maximum atomic E-state index is 12.0. The zero-order chi connectivity index (χ0) is 13.6. The van der Waals surface area contributed by atoms with Gasteiger partial charge in [0.2, 0.25) is 11.8 Å². The van der Waals surface area contributed by atoms with Crippen LogP contribution in [-0.2, 0) is 9.59 Å². The number of carbonyl (C=O) groups excluding carboxylic acids is 2. The van der Waals surface area contributed by atoms with Crippen molar-refractivity contribution in [1.29, 1.82) is 0 Å². The van der Waals surface area contributed by atoms with Crippen LogP contribution in [0.15, 0.2) is 24.3 Å². The lowest BCUT2D eigenvalue weighted by atomic mass is 10.1. The van der Waals surface area contributed by atoms with E-state index >= 15 is 0 Å². The van der Waals surface area contributed by atoms with Gasteiger partial charge in [0, 0.05) is 23.0 Å². The van der Waals surface area contributed by atoms with Crippen LogP contribution in [0.1, 0.15) is 24.6 Å². The summed E-state index contributed by atoms with van der Waals surface area (Å²) < 4.78 is 1.93. The number of imide groups is 1. The Balaban J connectivity index is 2.12. The van der Waals surface area contributed by atoms with Gasteiger partial charge in [-0.3, -0.25) is 14.9 Å². The SMILES string of the molecule is Cc1cc2cc(O)ccc2n1C1CCC(=O)NC1=O. The molecule has 3 rings (SSSR count). The number of rotatable bonds is 1. The Bertz CT molecular complexity index is 687. The van der Waals surface area contributed by atoms with Gasteiger partial charge in [0.15, 0.2) is 0 Å². The highest BCUT2D eigenvalue weighted by Crippen LogP contribution is 2.30. The number of phenolic OH excluding ortho intramolecular Hbond substituents is 1. The number of hydrogen-bond acceptors (Lipinski definition) is 3. The molecule has 0 saturated carbocycles. The fourth-order valence-corrected chi connectivity index (χ4v) is 2.70. The predicted octanol–water partition coefficient (Wildman–Crippen LogP) is 1.63. The number of nitrogens with one attached hydrogen (secondary N) is 1. The standard InChI is InChI=1S/C14H14N2O3/c1-8-6-9-7-10(17)2-3-11(9)16(8)12-4-5-13(18)15-14(12)19/h2-3,6-7,12,17H,4-5H2,1H3,(H,15,18,19). The highest BCUT2D eigenvalue weighted by Gasteiger charge is 2.29. The molecular weight excluding hydrogens is 244 g/mol. The monoisotopic (exact) mass is 258 g/mol. The fourth-order valence-electron chi connectivity index (χ4n) is 2.70. The fraction of sp³-hybridized carbons (Fsp3) is 0.286. The first kappa shape index (κ1) is 11.8. The van der Waals surface area contributed by atoms with Crippen LogP contribution in [0.25, 0.3) is 10.9 Å². The van der Waals surface area contributed by atoms with E-state index in [0.29, 0.717) is 12.8 Å². The molecule has 0 aliphatic carbocycles. The quantitative estimate of drug-likeness (QED) is 0.764. The maximum absolute atomic E-state index is 12.0. The number of aromatic nitrogens is 1. The molecule has 2 aromatic rings. The van der Waals surface area contributed by atoms with Crippen LogP contribution in [0.2, 0.25) is 0 Å². The summed E-state index contributed by atoms with van der Waals surface area (Å²) in [5.41, 5.74) is 1.83. The molecule has 1 unspecified atom stereocenters. The van der Waals surface area contributed by atoms with Gasteiger partial charge < -0.3 is 9.67 Å². The van der Waals surface area contributed by atoms with Crippen molar-refractivity contribution in [2.75, 3.05) is 0 Å². The van der Waals surface area contributed by atoms with E-state index in [1.54, 1.807) is 18.2 Å². The Morgan fingerprint density at radius 3 is 2.84 bits per heavy atom. The second kappa shape index (κ2) is 4.12. The number of nitrogens with zero attached hydrogens (tertiary/aromatic N) is 1. The summed E-state index contributed by atoms with van der Waals surface area (Å²) in [5, 5.41) is 12.8. The third-order valence-corrected chi connectivity index (χ3v) is 3.54. The van der Waals surface area contributed by atoms with E-state index < -0.39 is 0 Å². The number of carbonyl (C=O) groups is 2. The summed E-state index contributed by atoms with van der Waals surface area (Å²) in [4.78, 5) is 23.2. The molecule has 1 aliphatic rings. The number of benzene rings is 1. The topological polar surface area (TPSA) is 71.3 Å². The first-order valence-corrected chi connectivity index (χ1v) is 6.20. The van der Waals surface area contributed by atoms with Crippen molar-refractivity contribution in [2.24, 2.45) is 0 Å². The van der Waals surface area contributed by atoms with Crippen molar-refractivity contribution < 1.29 is 14.7 Å². The maximum Gasteiger partial charge on any atom is 0.249 e. The van der Waals surface area contributed by atoms with Gasteiger partial charge in [-0.15, -0.1) is 0 Å². The van der Waals surface area contributed by atoms with E-state index in [2.05, 4.69) is 5.32 Å². The third-order valence-electron chi connectivity index (χ3n) is 3.54. The Morgan fingerprint density at radius 1 is 1.32 bits per heavy atom. The molecule has 0 bridgehead atoms. The van der Waals surface area contributed by atoms with Gasteiger partial charge in [-0.25, -0.2) is 0 Å². The number of phenols is 1. The molecule has 2 amide bonds. The van der Waals surface area contributed by atoms with Gasteiger partial charge in [-0.05, 0) is 37.6 Å². The zero-order valence-electron chi connectivity index (χ0n) is 10.5. The van der Waals surface area contributed by atoms with Crippen molar-refractivity contribution in [2.45, 2.75) is 25.8 Å².